The Labute approximate surface area is 179 Å². The van der Waals surface area contributed by atoms with Gasteiger partial charge in [0.1, 0.15) is 5.01 Å². The maximum atomic E-state index is 14.1. The third-order valence-corrected chi connectivity index (χ3v) is 5.47. The highest BCUT2D eigenvalue weighted by molar-refractivity contribution is 7.14. The third kappa shape index (κ3) is 4.05. The van der Waals surface area contributed by atoms with E-state index in [0.717, 1.165) is 17.1 Å². The van der Waals surface area contributed by atoms with E-state index < -0.39 is 11.7 Å². The van der Waals surface area contributed by atoms with Gasteiger partial charge < -0.3 is 5.32 Å². The molecule has 0 aliphatic heterocycles. The summed E-state index contributed by atoms with van der Waals surface area (Å²) in [6, 6.07) is 8.40. The third-order valence-electron chi connectivity index (χ3n) is 4.22. The van der Waals surface area contributed by atoms with Gasteiger partial charge in [-0.1, -0.05) is 34.2 Å². The molecule has 1 amide bonds. The van der Waals surface area contributed by atoms with Crippen molar-refractivity contribution < 1.29 is 9.18 Å². The first-order valence-corrected chi connectivity index (χ1v) is 10.0. The van der Waals surface area contributed by atoms with Crippen LogP contribution in [0.3, 0.4) is 0 Å². The number of nitrogens with zero attached hydrogens (tertiary/aromatic N) is 6. The standard InChI is InChI=1S/C19H15ClFN7OS/c1-10-6-7-15(11(2)23-10)28-9-14(24-27-28)18(29)22-8-16-25-26-19(30-16)12-4-3-5-13(20)17(12)21/h3-7,9H,8H2,1-2H3,(H,22,29). The lowest BCUT2D eigenvalue weighted by molar-refractivity contribution is 0.0945. The Morgan fingerprint density at radius 1 is 1.20 bits per heavy atom. The topological polar surface area (TPSA) is 98.5 Å². The highest BCUT2D eigenvalue weighted by Crippen LogP contribution is 2.29. The number of hydrogen-bond acceptors (Lipinski definition) is 7. The molecule has 152 valence electrons. The van der Waals surface area contributed by atoms with Crippen LogP contribution < -0.4 is 5.32 Å². The molecule has 4 aromatic rings. The second-order valence-electron chi connectivity index (χ2n) is 6.39. The number of benzene rings is 1. The first-order chi connectivity index (χ1) is 14.4. The van der Waals surface area contributed by atoms with Crippen LogP contribution in [0.15, 0.2) is 36.5 Å². The normalized spacial score (nSPS) is 10.9. The van der Waals surface area contributed by atoms with Gasteiger partial charge in [0, 0.05) is 11.3 Å². The van der Waals surface area contributed by atoms with Crippen molar-refractivity contribution in [3.63, 3.8) is 0 Å². The lowest BCUT2D eigenvalue weighted by Gasteiger charge is -2.04. The van der Waals surface area contributed by atoms with Crippen molar-refractivity contribution in [2.45, 2.75) is 20.4 Å². The summed E-state index contributed by atoms with van der Waals surface area (Å²) in [5.41, 5.74) is 2.83. The van der Waals surface area contributed by atoms with Gasteiger partial charge in [-0.05, 0) is 38.1 Å². The predicted octanol–water partition coefficient (Wildman–Crippen LogP) is 3.52. The number of aryl methyl sites for hydroxylation is 2. The monoisotopic (exact) mass is 443 g/mol. The summed E-state index contributed by atoms with van der Waals surface area (Å²) >= 11 is 6.98. The van der Waals surface area contributed by atoms with Crippen LogP contribution in [0.25, 0.3) is 16.3 Å². The number of halogens is 2. The molecule has 3 heterocycles. The van der Waals surface area contributed by atoms with E-state index in [4.69, 9.17) is 11.6 Å². The second kappa shape index (κ2) is 8.25. The highest BCUT2D eigenvalue weighted by Gasteiger charge is 2.16. The van der Waals surface area contributed by atoms with E-state index >= 15 is 0 Å². The Balaban J connectivity index is 1.44. The molecule has 0 radical (unpaired) electrons. The first-order valence-electron chi connectivity index (χ1n) is 8.84. The fraction of sp³-hybridized carbons (Fsp3) is 0.158. The molecule has 4 rings (SSSR count). The van der Waals surface area contributed by atoms with Gasteiger partial charge in [-0.25, -0.2) is 9.07 Å². The average molecular weight is 444 g/mol. The van der Waals surface area contributed by atoms with Crippen LogP contribution in [0, 0.1) is 19.7 Å². The quantitative estimate of drug-likeness (QED) is 0.506. The molecule has 1 aromatic carbocycles. The van der Waals surface area contributed by atoms with Crippen molar-refractivity contribution in [1.29, 1.82) is 0 Å². The maximum absolute atomic E-state index is 14.1. The summed E-state index contributed by atoms with van der Waals surface area (Å²) in [7, 11) is 0. The van der Waals surface area contributed by atoms with Crippen LogP contribution in [0.4, 0.5) is 4.39 Å². The SMILES string of the molecule is Cc1ccc(-n2cc(C(=O)NCc3nnc(-c4cccc(Cl)c4F)s3)nn2)c(C)n1. The zero-order chi connectivity index (χ0) is 21.3. The Hall–Kier alpha value is -3.24. The van der Waals surface area contributed by atoms with Crippen molar-refractivity contribution >= 4 is 28.8 Å². The number of amides is 1. The molecule has 3 aromatic heterocycles. The number of pyridine rings is 1. The van der Waals surface area contributed by atoms with E-state index in [1.54, 1.807) is 12.1 Å². The molecule has 8 nitrogen and oxygen atoms in total. The van der Waals surface area contributed by atoms with Gasteiger partial charge in [0.25, 0.3) is 5.91 Å². The minimum Gasteiger partial charge on any atom is -0.344 e. The summed E-state index contributed by atoms with van der Waals surface area (Å²) in [4.78, 5) is 16.8. The Kier molecular flexibility index (Phi) is 5.51. The molecule has 0 aliphatic rings. The Morgan fingerprint density at radius 3 is 2.83 bits per heavy atom. The van der Waals surface area contributed by atoms with Crippen LogP contribution in [0.2, 0.25) is 5.02 Å². The Morgan fingerprint density at radius 2 is 2.03 bits per heavy atom. The molecule has 30 heavy (non-hydrogen) atoms. The molecule has 11 heteroatoms. The molecular formula is C19H15ClFN7OS. The van der Waals surface area contributed by atoms with Gasteiger partial charge >= 0.3 is 0 Å². The summed E-state index contributed by atoms with van der Waals surface area (Å²) in [6.45, 7) is 3.88. The minimum absolute atomic E-state index is 0.0136. The molecule has 0 fully saturated rings. The van der Waals surface area contributed by atoms with Gasteiger partial charge in [0.15, 0.2) is 16.5 Å². The van der Waals surface area contributed by atoms with E-state index in [1.165, 1.54) is 28.3 Å². The molecule has 0 aliphatic carbocycles. The number of aromatic nitrogens is 6. The molecule has 0 unspecified atom stereocenters. The molecule has 0 spiro atoms. The second-order valence-corrected chi connectivity index (χ2v) is 7.86. The van der Waals surface area contributed by atoms with Crippen LogP contribution >= 0.6 is 22.9 Å². The van der Waals surface area contributed by atoms with Crippen LogP contribution in [-0.4, -0.2) is 36.1 Å². The Bertz CT molecular complexity index is 1240. The van der Waals surface area contributed by atoms with Crippen molar-refractivity contribution in [3.05, 3.63) is 69.5 Å². The highest BCUT2D eigenvalue weighted by atomic mass is 35.5. The van der Waals surface area contributed by atoms with Crippen LogP contribution in [0.1, 0.15) is 26.9 Å². The first kappa shape index (κ1) is 20.0. The van der Waals surface area contributed by atoms with Gasteiger partial charge in [0.2, 0.25) is 0 Å². The van der Waals surface area contributed by atoms with Crippen LogP contribution in [-0.2, 0) is 6.54 Å². The number of rotatable bonds is 5. The maximum Gasteiger partial charge on any atom is 0.273 e. The van der Waals surface area contributed by atoms with E-state index in [1.807, 2.05) is 26.0 Å². The fourth-order valence-electron chi connectivity index (χ4n) is 2.76. The van der Waals surface area contributed by atoms with Gasteiger partial charge in [-0.15, -0.1) is 15.3 Å². The summed E-state index contributed by atoms with van der Waals surface area (Å²) in [6.07, 6.45) is 1.53. The number of carbonyl (C=O) groups is 1. The number of nitrogens with one attached hydrogen (secondary N) is 1. The lowest BCUT2D eigenvalue weighted by Crippen LogP contribution is -2.23. The van der Waals surface area contributed by atoms with Crippen molar-refractivity contribution in [2.24, 2.45) is 0 Å². The zero-order valence-corrected chi connectivity index (χ0v) is 17.5. The van der Waals surface area contributed by atoms with E-state index in [-0.39, 0.29) is 22.8 Å². The number of hydrogen-bond donors (Lipinski definition) is 1. The molecule has 0 atom stereocenters. The molecule has 0 saturated carbocycles. The van der Waals surface area contributed by atoms with E-state index in [9.17, 15) is 9.18 Å². The van der Waals surface area contributed by atoms with Crippen molar-refractivity contribution in [3.8, 4) is 16.3 Å². The van der Waals surface area contributed by atoms with Gasteiger partial charge in [-0.3, -0.25) is 9.78 Å². The summed E-state index contributed by atoms with van der Waals surface area (Å²) < 4.78 is 15.6. The van der Waals surface area contributed by atoms with E-state index in [0.29, 0.717) is 10.0 Å². The minimum atomic E-state index is -0.552. The molecular weight excluding hydrogens is 429 g/mol. The molecule has 0 bridgehead atoms. The fourth-order valence-corrected chi connectivity index (χ4v) is 3.73. The largest absolute Gasteiger partial charge is 0.344 e. The van der Waals surface area contributed by atoms with Crippen LogP contribution in [0.5, 0.6) is 0 Å². The summed E-state index contributed by atoms with van der Waals surface area (Å²) in [5, 5.41) is 19.5. The van der Waals surface area contributed by atoms with Gasteiger partial charge in [0.05, 0.1) is 29.1 Å². The zero-order valence-electron chi connectivity index (χ0n) is 15.9. The van der Waals surface area contributed by atoms with Crippen molar-refractivity contribution in [2.75, 3.05) is 0 Å². The van der Waals surface area contributed by atoms with Gasteiger partial charge in [-0.2, -0.15) is 0 Å². The van der Waals surface area contributed by atoms with Crippen molar-refractivity contribution in [1.82, 2.24) is 35.5 Å². The summed E-state index contributed by atoms with van der Waals surface area (Å²) in [5.74, 6) is -0.965. The molecule has 0 saturated heterocycles. The molecule has 1 N–H and O–H groups in total. The van der Waals surface area contributed by atoms with E-state index in [2.05, 4.69) is 30.8 Å². The smallest absolute Gasteiger partial charge is 0.273 e. The lowest BCUT2D eigenvalue weighted by atomic mass is 10.2. The predicted molar refractivity (Wildman–Crippen MR) is 110 cm³/mol. The average Bonchev–Trinajstić information content (AvgIpc) is 3.38. The number of carbonyl (C=O) groups excluding carboxylic acids is 1.